The van der Waals surface area contributed by atoms with Crippen molar-refractivity contribution in [2.24, 2.45) is 0 Å². The number of halogens is 3. The highest BCUT2D eigenvalue weighted by molar-refractivity contribution is 5.70. The third kappa shape index (κ3) is 4.44. The van der Waals surface area contributed by atoms with Crippen molar-refractivity contribution in [2.75, 3.05) is 5.32 Å². The molecular formula is C22H23F3N4. The maximum atomic E-state index is 13.6. The van der Waals surface area contributed by atoms with Crippen LogP contribution in [0.3, 0.4) is 0 Å². The van der Waals surface area contributed by atoms with Gasteiger partial charge < -0.3 is 5.32 Å². The standard InChI is InChI=1S/C22H23F3N4/c1-14-11-21(29-28-14)26-16-12-19(15-7-3-2-4-8-15)27-20(13-16)17-9-5-6-10-18(17)22(23,24)25/h5-6,9-13,15H,2-4,7-8H2,1H3,(H2,26,27,28,29). The smallest absolute Gasteiger partial charge is 0.339 e. The number of rotatable bonds is 4. The molecule has 0 radical (unpaired) electrons. The Bertz CT molecular complexity index is 988. The average molecular weight is 400 g/mol. The van der Waals surface area contributed by atoms with E-state index in [-0.39, 0.29) is 11.5 Å². The summed E-state index contributed by atoms with van der Waals surface area (Å²) in [6.45, 7) is 1.89. The van der Waals surface area contributed by atoms with Crippen LogP contribution in [0, 0.1) is 6.92 Å². The van der Waals surface area contributed by atoms with Gasteiger partial charge in [-0.15, -0.1) is 0 Å². The van der Waals surface area contributed by atoms with Crippen LogP contribution >= 0.6 is 0 Å². The van der Waals surface area contributed by atoms with E-state index >= 15 is 0 Å². The fraction of sp³-hybridized carbons (Fsp3) is 0.364. The van der Waals surface area contributed by atoms with E-state index in [0.29, 0.717) is 17.2 Å². The molecule has 29 heavy (non-hydrogen) atoms. The Morgan fingerprint density at radius 2 is 1.79 bits per heavy atom. The molecule has 1 aliphatic carbocycles. The molecule has 0 atom stereocenters. The average Bonchev–Trinajstić information content (AvgIpc) is 3.12. The Labute approximate surface area is 167 Å². The van der Waals surface area contributed by atoms with Gasteiger partial charge in [-0.2, -0.15) is 18.3 Å². The predicted octanol–water partition coefficient (Wildman–Crippen LogP) is 6.59. The van der Waals surface area contributed by atoms with E-state index in [1.54, 1.807) is 12.1 Å². The molecule has 1 aromatic carbocycles. The fourth-order valence-corrected chi connectivity index (χ4v) is 3.95. The number of benzene rings is 1. The fourth-order valence-electron chi connectivity index (χ4n) is 3.95. The van der Waals surface area contributed by atoms with Crippen LogP contribution < -0.4 is 5.32 Å². The van der Waals surface area contributed by atoms with E-state index in [2.05, 4.69) is 20.5 Å². The summed E-state index contributed by atoms with van der Waals surface area (Å²) in [6.07, 6.45) is 1.03. The van der Waals surface area contributed by atoms with Gasteiger partial charge in [-0.25, -0.2) is 0 Å². The van der Waals surface area contributed by atoms with Crippen molar-refractivity contribution >= 4 is 11.5 Å². The predicted molar refractivity (Wildman–Crippen MR) is 107 cm³/mol. The van der Waals surface area contributed by atoms with Gasteiger partial charge in [0.05, 0.1) is 11.3 Å². The van der Waals surface area contributed by atoms with E-state index in [0.717, 1.165) is 43.1 Å². The zero-order valence-corrected chi connectivity index (χ0v) is 16.2. The van der Waals surface area contributed by atoms with Gasteiger partial charge in [-0.3, -0.25) is 10.1 Å². The molecule has 4 nitrogen and oxygen atoms in total. The number of alkyl halides is 3. The Hall–Kier alpha value is -2.83. The molecule has 0 amide bonds. The minimum Gasteiger partial charge on any atom is -0.339 e. The van der Waals surface area contributed by atoms with Crippen molar-refractivity contribution in [3.05, 3.63) is 59.4 Å². The van der Waals surface area contributed by atoms with Crippen molar-refractivity contribution in [1.82, 2.24) is 15.2 Å². The minimum absolute atomic E-state index is 0.0962. The van der Waals surface area contributed by atoms with E-state index < -0.39 is 11.7 Å². The quantitative estimate of drug-likeness (QED) is 0.519. The molecule has 0 bridgehead atoms. The monoisotopic (exact) mass is 400 g/mol. The molecular weight excluding hydrogens is 377 g/mol. The second-order valence-electron chi connectivity index (χ2n) is 7.61. The molecule has 0 aliphatic heterocycles. The number of aromatic amines is 1. The van der Waals surface area contributed by atoms with Crippen molar-refractivity contribution in [3.63, 3.8) is 0 Å². The van der Waals surface area contributed by atoms with Gasteiger partial charge in [0.15, 0.2) is 5.82 Å². The van der Waals surface area contributed by atoms with Crippen LogP contribution in [0.25, 0.3) is 11.3 Å². The lowest BCUT2D eigenvalue weighted by molar-refractivity contribution is -0.137. The van der Waals surface area contributed by atoms with Crippen molar-refractivity contribution in [2.45, 2.75) is 51.1 Å². The molecule has 0 saturated heterocycles. The van der Waals surface area contributed by atoms with E-state index in [9.17, 15) is 13.2 Å². The molecule has 0 unspecified atom stereocenters. The van der Waals surface area contributed by atoms with E-state index in [4.69, 9.17) is 0 Å². The first-order valence-corrected chi connectivity index (χ1v) is 9.88. The molecule has 2 N–H and O–H groups in total. The molecule has 152 valence electrons. The second-order valence-corrected chi connectivity index (χ2v) is 7.61. The minimum atomic E-state index is -4.44. The highest BCUT2D eigenvalue weighted by Crippen LogP contribution is 2.39. The summed E-state index contributed by atoms with van der Waals surface area (Å²) in [7, 11) is 0. The number of hydrogen-bond donors (Lipinski definition) is 2. The number of pyridine rings is 1. The lowest BCUT2D eigenvalue weighted by Crippen LogP contribution is -2.10. The highest BCUT2D eigenvalue weighted by Gasteiger charge is 2.34. The molecule has 2 heterocycles. The second kappa shape index (κ2) is 7.89. The maximum absolute atomic E-state index is 13.6. The summed E-state index contributed by atoms with van der Waals surface area (Å²) in [5.74, 6) is 0.890. The van der Waals surface area contributed by atoms with Gasteiger partial charge in [0.2, 0.25) is 0 Å². The Kier molecular flexibility index (Phi) is 5.30. The molecule has 7 heteroatoms. The van der Waals surface area contributed by atoms with Crippen LogP contribution in [0.15, 0.2) is 42.5 Å². The lowest BCUT2D eigenvalue weighted by Gasteiger charge is -2.23. The largest absolute Gasteiger partial charge is 0.417 e. The van der Waals surface area contributed by atoms with Crippen molar-refractivity contribution in [1.29, 1.82) is 0 Å². The van der Waals surface area contributed by atoms with Crippen LogP contribution in [-0.2, 0) is 6.18 Å². The third-order valence-electron chi connectivity index (χ3n) is 5.36. The van der Waals surface area contributed by atoms with Crippen molar-refractivity contribution < 1.29 is 13.2 Å². The maximum Gasteiger partial charge on any atom is 0.417 e. The molecule has 0 spiro atoms. The van der Waals surface area contributed by atoms with Gasteiger partial charge in [-0.05, 0) is 38.0 Å². The molecule has 2 aromatic heterocycles. The normalized spacial score (nSPS) is 15.4. The number of aryl methyl sites for hydroxylation is 1. The molecule has 3 aromatic rings. The molecule has 4 rings (SSSR count). The van der Waals surface area contributed by atoms with Crippen LogP contribution in [0.2, 0.25) is 0 Å². The summed E-state index contributed by atoms with van der Waals surface area (Å²) >= 11 is 0. The SMILES string of the molecule is Cc1cc(Nc2cc(-c3ccccc3C(F)(F)F)nc(C3CCCCC3)c2)n[nH]1. The number of nitrogens with one attached hydrogen (secondary N) is 2. The number of nitrogens with zero attached hydrogens (tertiary/aromatic N) is 2. The van der Waals surface area contributed by atoms with Crippen LogP contribution in [0.5, 0.6) is 0 Å². The summed E-state index contributed by atoms with van der Waals surface area (Å²) in [5, 5.41) is 10.3. The number of aromatic nitrogens is 3. The number of anilines is 2. The molecule has 1 saturated carbocycles. The molecule has 1 fully saturated rings. The van der Waals surface area contributed by atoms with Gasteiger partial charge in [0.25, 0.3) is 0 Å². The van der Waals surface area contributed by atoms with Gasteiger partial charge in [0.1, 0.15) is 0 Å². The highest BCUT2D eigenvalue weighted by atomic mass is 19.4. The number of hydrogen-bond acceptors (Lipinski definition) is 3. The zero-order chi connectivity index (χ0) is 20.4. The summed E-state index contributed by atoms with van der Waals surface area (Å²) < 4.78 is 40.7. The van der Waals surface area contributed by atoms with Crippen LogP contribution in [-0.4, -0.2) is 15.2 Å². The first-order valence-electron chi connectivity index (χ1n) is 9.88. The van der Waals surface area contributed by atoms with E-state index in [1.807, 2.05) is 19.1 Å². The summed E-state index contributed by atoms with van der Waals surface area (Å²) in [6, 6.07) is 11.1. The first-order chi connectivity index (χ1) is 13.9. The molecule has 1 aliphatic rings. The topological polar surface area (TPSA) is 53.6 Å². The Morgan fingerprint density at radius 3 is 2.48 bits per heavy atom. The summed E-state index contributed by atoms with van der Waals surface area (Å²) in [4.78, 5) is 4.68. The first kappa shape index (κ1) is 19.5. The Balaban J connectivity index is 1.79. The number of H-pyrrole nitrogens is 1. The Morgan fingerprint density at radius 1 is 1.03 bits per heavy atom. The van der Waals surface area contributed by atoms with Gasteiger partial charge in [-0.1, -0.05) is 37.5 Å². The third-order valence-corrected chi connectivity index (χ3v) is 5.36. The lowest BCUT2D eigenvalue weighted by atomic mass is 9.86. The van der Waals surface area contributed by atoms with Crippen molar-refractivity contribution in [3.8, 4) is 11.3 Å². The zero-order valence-electron chi connectivity index (χ0n) is 16.2. The van der Waals surface area contributed by atoms with Gasteiger partial charge >= 0.3 is 6.18 Å². The van der Waals surface area contributed by atoms with Crippen LogP contribution in [0.1, 0.15) is 55.0 Å². The van der Waals surface area contributed by atoms with E-state index in [1.165, 1.54) is 18.6 Å². The summed E-state index contributed by atoms with van der Waals surface area (Å²) in [5.41, 5.74) is 2.19. The van der Waals surface area contributed by atoms with Gasteiger partial charge in [0, 0.05) is 34.6 Å². The van der Waals surface area contributed by atoms with Crippen LogP contribution in [0.4, 0.5) is 24.7 Å².